The van der Waals surface area contributed by atoms with Crippen LogP contribution in [0.3, 0.4) is 0 Å². The molecule has 1 aromatic carbocycles. The predicted molar refractivity (Wildman–Crippen MR) is 106 cm³/mol. The third-order valence-corrected chi connectivity index (χ3v) is 5.49. The first-order chi connectivity index (χ1) is 13.6. The standard InChI is InChI=1S/C21H24N4O3/c1-28-17-7-3-2-6-16(17)23-19(26)21(9-10-21)20(27)25-14-12-24(13-15-25)18-8-4-5-11-22-18/h2-8,11H,9-10,12-15H2,1H3,(H,23,26). The minimum atomic E-state index is -0.936. The molecule has 7 heteroatoms. The number of nitrogens with one attached hydrogen (secondary N) is 1. The van der Waals surface area contributed by atoms with Crippen LogP contribution in [0.2, 0.25) is 0 Å². The van der Waals surface area contributed by atoms with E-state index in [1.807, 2.05) is 35.2 Å². The molecule has 28 heavy (non-hydrogen) atoms. The first-order valence-electron chi connectivity index (χ1n) is 9.54. The Bertz CT molecular complexity index is 859. The summed E-state index contributed by atoms with van der Waals surface area (Å²) >= 11 is 0. The smallest absolute Gasteiger partial charge is 0.240 e. The maximum absolute atomic E-state index is 13.1. The van der Waals surface area contributed by atoms with E-state index in [2.05, 4.69) is 15.2 Å². The molecule has 1 aliphatic carbocycles. The summed E-state index contributed by atoms with van der Waals surface area (Å²) in [7, 11) is 1.56. The maximum Gasteiger partial charge on any atom is 0.240 e. The van der Waals surface area contributed by atoms with Crippen LogP contribution in [0, 0.1) is 5.41 Å². The van der Waals surface area contributed by atoms with E-state index in [0.717, 1.165) is 5.82 Å². The lowest BCUT2D eigenvalue weighted by Crippen LogP contribution is -2.52. The van der Waals surface area contributed by atoms with Crippen molar-refractivity contribution in [1.82, 2.24) is 9.88 Å². The molecule has 2 aliphatic rings. The second-order valence-corrected chi connectivity index (χ2v) is 7.20. The number of ether oxygens (including phenoxy) is 1. The van der Waals surface area contributed by atoms with Gasteiger partial charge in [0.2, 0.25) is 11.8 Å². The van der Waals surface area contributed by atoms with E-state index in [9.17, 15) is 9.59 Å². The average molecular weight is 380 g/mol. The van der Waals surface area contributed by atoms with E-state index in [0.29, 0.717) is 50.5 Å². The first kappa shape index (κ1) is 18.3. The molecule has 1 saturated carbocycles. The Morgan fingerprint density at radius 1 is 1.04 bits per heavy atom. The van der Waals surface area contributed by atoms with E-state index in [1.165, 1.54) is 0 Å². The van der Waals surface area contributed by atoms with Gasteiger partial charge in [-0.3, -0.25) is 9.59 Å². The minimum Gasteiger partial charge on any atom is -0.495 e. The number of piperazine rings is 1. The van der Waals surface area contributed by atoms with Crippen LogP contribution < -0.4 is 15.0 Å². The van der Waals surface area contributed by atoms with E-state index in [-0.39, 0.29) is 11.8 Å². The molecule has 1 aromatic heterocycles. The van der Waals surface area contributed by atoms with Crippen molar-refractivity contribution >= 4 is 23.3 Å². The molecule has 2 amide bonds. The van der Waals surface area contributed by atoms with Crippen LogP contribution in [0.15, 0.2) is 48.7 Å². The summed E-state index contributed by atoms with van der Waals surface area (Å²) in [6.45, 7) is 2.62. The monoisotopic (exact) mass is 380 g/mol. The Balaban J connectivity index is 1.40. The fourth-order valence-electron chi connectivity index (χ4n) is 3.64. The molecule has 0 radical (unpaired) electrons. The van der Waals surface area contributed by atoms with E-state index < -0.39 is 5.41 Å². The molecule has 2 fully saturated rings. The molecule has 0 atom stereocenters. The number of nitrogens with zero attached hydrogens (tertiary/aromatic N) is 3. The van der Waals surface area contributed by atoms with Gasteiger partial charge < -0.3 is 19.9 Å². The second-order valence-electron chi connectivity index (χ2n) is 7.20. The van der Waals surface area contributed by atoms with Gasteiger partial charge in [-0.1, -0.05) is 18.2 Å². The van der Waals surface area contributed by atoms with Crippen molar-refractivity contribution in [2.75, 3.05) is 43.5 Å². The van der Waals surface area contributed by atoms with Crippen LogP contribution in [0.4, 0.5) is 11.5 Å². The van der Waals surface area contributed by atoms with Crippen molar-refractivity contribution in [3.05, 3.63) is 48.7 Å². The quantitative estimate of drug-likeness (QED) is 0.805. The molecule has 2 heterocycles. The number of para-hydroxylation sites is 2. The molecule has 0 bridgehead atoms. The largest absolute Gasteiger partial charge is 0.495 e. The average Bonchev–Trinajstić information content (AvgIpc) is 3.56. The lowest BCUT2D eigenvalue weighted by molar-refractivity contribution is -0.142. The summed E-state index contributed by atoms with van der Waals surface area (Å²) in [6.07, 6.45) is 2.95. The summed E-state index contributed by atoms with van der Waals surface area (Å²) in [6, 6.07) is 13.1. The summed E-state index contributed by atoms with van der Waals surface area (Å²) in [5.41, 5.74) is -0.345. The van der Waals surface area contributed by atoms with Gasteiger partial charge in [0.1, 0.15) is 17.0 Å². The summed E-state index contributed by atoms with van der Waals surface area (Å²) < 4.78 is 5.29. The molecule has 4 rings (SSSR count). The number of aromatic nitrogens is 1. The molecule has 2 aromatic rings. The van der Waals surface area contributed by atoms with Gasteiger partial charge in [-0.15, -0.1) is 0 Å². The number of pyridine rings is 1. The number of benzene rings is 1. The Morgan fingerprint density at radius 3 is 2.39 bits per heavy atom. The number of hydrogen-bond acceptors (Lipinski definition) is 5. The van der Waals surface area contributed by atoms with Crippen molar-refractivity contribution in [3.8, 4) is 5.75 Å². The number of amides is 2. The zero-order valence-electron chi connectivity index (χ0n) is 15.9. The zero-order chi connectivity index (χ0) is 19.6. The summed E-state index contributed by atoms with van der Waals surface area (Å²) in [5.74, 6) is 1.20. The van der Waals surface area contributed by atoms with Gasteiger partial charge in [-0.25, -0.2) is 4.98 Å². The number of anilines is 2. The van der Waals surface area contributed by atoms with E-state index in [4.69, 9.17) is 4.74 Å². The lowest BCUT2D eigenvalue weighted by atomic mass is 10.0. The Morgan fingerprint density at radius 2 is 1.75 bits per heavy atom. The van der Waals surface area contributed by atoms with Crippen LogP contribution in [0.1, 0.15) is 12.8 Å². The molecule has 1 aliphatic heterocycles. The number of hydrogen-bond donors (Lipinski definition) is 1. The molecule has 7 nitrogen and oxygen atoms in total. The van der Waals surface area contributed by atoms with Gasteiger partial charge in [0.05, 0.1) is 12.8 Å². The second kappa shape index (κ2) is 7.50. The van der Waals surface area contributed by atoms with Crippen molar-refractivity contribution in [3.63, 3.8) is 0 Å². The topological polar surface area (TPSA) is 74.8 Å². The highest BCUT2D eigenvalue weighted by atomic mass is 16.5. The van der Waals surface area contributed by atoms with E-state index >= 15 is 0 Å². The third-order valence-electron chi connectivity index (χ3n) is 5.49. The molecule has 0 spiro atoms. The van der Waals surface area contributed by atoms with Gasteiger partial charge in [0.15, 0.2) is 0 Å². The van der Waals surface area contributed by atoms with Crippen molar-refractivity contribution in [2.45, 2.75) is 12.8 Å². The Labute approximate surface area is 164 Å². The number of carbonyl (C=O) groups is 2. The van der Waals surface area contributed by atoms with Gasteiger partial charge in [0.25, 0.3) is 0 Å². The molecule has 146 valence electrons. The fraction of sp³-hybridized carbons (Fsp3) is 0.381. The minimum absolute atomic E-state index is 0.0689. The number of methoxy groups -OCH3 is 1. The highest BCUT2D eigenvalue weighted by Crippen LogP contribution is 2.48. The lowest BCUT2D eigenvalue weighted by Gasteiger charge is -2.36. The predicted octanol–water partition coefficient (Wildman–Crippen LogP) is 2.16. The van der Waals surface area contributed by atoms with Crippen molar-refractivity contribution in [1.29, 1.82) is 0 Å². The Kier molecular flexibility index (Phi) is 4.90. The normalized spacial score (nSPS) is 17.8. The highest BCUT2D eigenvalue weighted by molar-refractivity contribution is 6.13. The van der Waals surface area contributed by atoms with E-state index in [1.54, 1.807) is 25.4 Å². The maximum atomic E-state index is 13.1. The number of rotatable bonds is 5. The summed E-state index contributed by atoms with van der Waals surface area (Å²) in [5, 5.41) is 2.89. The van der Waals surface area contributed by atoms with Gasteiger partial charge in [0, 0.05) is 32.4 Å². The molecular formula is C21H24N4O3. The molecule has 1 saturated heterocycles. The number of carbonyl (C=O) groups excluding carboxylic acids is 2. The van der Waals surface area contributed by atoms with Crippen molar-refractivity contribution in [2.24, 2.45) is 5.41 Å². The summed E-state index contributed by atoms with van der Waals surface area (Å²) in [4.78, 5) is 34.4. The third kappa shape index (κ3) is 3.40. The van der Waals surface area contributed by atoms with Gasteiger partial charge in [-0.2, -0.15) is 0 Å². The van der Waals surface area contributed by atoms with Crippen molar-refractivity contribution < 1.29 is 14.3 Å². The van der Waals surface area contributed by atoms with Crippen LogP contribution in [0.25, 0.3) is 0 Å². The van der Waals surface area contributed by atoms with Gasteiger partial charge in [-0.05, 0) is 37.1 Å². The van der Waals surface area contributed by atoms with Crippen LogP contribution in [-0.4, -0.2) is 55.0 Å². The van der Waals surface area contributed by atoms with Crippen LogP contribution in [-0.2, 0) is 9.59 Å². The first-order valence-corrected chi connectivity index (χ1v) is 9.54. The molecule has 1 N–H and O–H groups in total. The zero-order valence-corrected chi connectivity index (χ0v) is 15.9. The fourth-order valence-corrected chi connectivity index (χ4v) is 3.64. The molecule has 0 unspecified atom stereocenters. The van der Waals surface area contributed by atoms with Crippen LogP contribution >= 0.6 is 0 Å². The Hall–Kier alpha value is -3.09. The molecular weight excluding hydrogens is 356 g/mol. The highest BCUT2D eigenvalue weighted by Gasteiger charge is 2.58. The van der Waals surface area contributed by atoms with Crippen LogP contribution in [0.5, 0.6) is 5.75 Å². The van der Waals surface area contributed by atoms with Gasteiger partial charge >= 0.3 is 0 Å². The SMILES string of the molecule is COc1ccccc1NC(=O)C1(C(=O)N2CCN(c3ccccn3)CC2)CC1.